The Morgan fingerprint density at radius 1 is 1.00 bits per heavy atom. The Morgan fingerprint density at radius 2 is 1.81 bits per heavy atom. The number of benzene rings is 2. The van der Waals surface area contributed by atoms with Gasteiger partial charge in [-0.1, -0.05) is 30.0 Å². The van der Waals surface area contributed by atoms with Gasteiger partial charge in [-0.15, -0.1) is 0 Å². The molecule has 0 unspecified atom stereocenters. The van der Waals surface area contributed by atoms with Crippen LogP contribution in [-0.4, -0.2) is 5.11 Å². The van der Waals surface area contributed by atoms with Crippen LogP contribution in [0.3, 0.4) is 0 Å². The van der Waals surface area contributed by atoms with Crippen molar-refractivity contribution in [3.05, 3.63) is 48.7 Å². The highest BCUT2D eigenvalue weighted by molar-refractivity contribution is 7.99. The number of phenols is 1. The van der Waals surface area contributed by atoms with Crippen LogP contribution in [0.4, 0.5) is 11.4 Å². The molecule has 106 valence electrons. The number of nitrogens with zero attached hydrogens (tertiary/aromatic N) is 1. The first-order chi connectivity index (χ1) is 9.74. The molecule has 5 heteroatoms. The number of nitrogens with one attached hydrogen (secondary N) is 1. The molecule has 21 heavy (non-hydrogen) atoms. The number of aromatic nitrogens is 1. The summed E-state index contributed by atoms with van der Waals surface area (Å²) in [7, 11) is 2.06. The first kappa shape index (κ1) is 14.0. The monoisotopic (exact) mass is 316 g/mol. The minimum atomic E-state index is 0. The van der Waals surface area contributed by atoms with E-state index in [0.29, 0.717) is 0 Å². The van der Waals surface area contributed by atoms with Crippen molar-refractivity contribution in [1.29, 1.82) is 0 Å². The molecule has 0 spiro atoms. The highest BCUT2D eigenvalue weighted by Gasteiger charge is 2.24. The predicted octanol–water partition coefficient (Wildman–Crippen LogP) is 0.582. The lowest BCUT2D eigenvalue weighted by atomic mass is 10.1. The Bertz CT molecular complexity index is 851. The molecule has 3 aromatic rings. The van der Waals surface area contributed by atoms with Crippen LogP contribution < -0.4 is 22.3 Å². The van der Waals surface area contributed by atoms with Crippen LogP contribution in [-0.2, 0) is 7.05 Å². The van der Waals surface area contributed by atoms with Gasteiger partial charge in [-0.2, -0.15) is 4.57 Å². The van der Waals surface area contributed by atoms with Crippen LogP contribution in [0, 0.1) is 0 Å². The van der Waals surface area contributed by atoms with Crippen molar-refractivity contribution in [3.63, 3.8) is 0 Å². The number of anilines is 2. The molecule has 0 bridgehead atoms. The SMILES string of the molecule is C[n+]1cc2c(c3ccccc31)Nc1c(O)cccc1S2.[Cl-]. The van der Waals surface area contributed by atoms with Gasteiger partial charge in [-0.3, -0.25) is 0 Å². The average Bonchev–Trinajstić information content (AvgIpc) is 2.47. The molecule has 2 heterocycles. The zero-order valence-corrected chi connectivity index (χ0v) is 12.9. The summed E-state index contributed by atoms with van der Waals surface area (Å²) in [5.74, 6) is 0.290. The van der Waals surface area contributed by atoms with Gasteiger partial charge < -0.3 is 22.8 Å². The van der Waals surface area contributed by atoms with Crippen molar-refractivity contribution < 1.29 is 22.1 Å². The van der Waals surface area contributed by atoms with Gasteiger partial charge in [-0.25, -0.2) is 0 Å². The fraction of sp³-hybridized carbons (Fsp3) is 0.0625. The van der Waals surface area contributed by atoms with Crippen molar-refractivity contribution in [3.8, 4) is 5.75 Å². The topological polar surface area (TPSA) is 36.1 Å². The number of aromatic hydroxyl groups is 1. The van der Waals surface area contributed by atoms with E-state index in [-0.39, 0.29) is 18.2 Å². The molecular formula is C16H13ClN2OS. The fourth-order valence-corrected chi connectivity index (χ4v) is 3.73. The number of hydrogen-bond acceptors (Lipinski definition) is 3. The zero-order valence-electron chi connectivity index (χ0n) is 11.3. The second-order valence-corrected chi connectivity index (χ2v) is 5.96. The first-order valence-corrected chi connectivity index (χ1v) is 7.24. The molecule has 0 saturated heterocycles. The molecular weight excluding hydrogens is 304 g/mol. The van der Waals surface area contributed by atoms with Crippen molar-refractivity contribution in [2.45, 2.75) is 9.79 Å². The van der Waals surface area contributed by atoms with Crippen molar-refractivity contribution in [1.82, 2.24) is 0 Å². The van der Waals surface area contributed by atoms with Gasteiger partial charge >= 0.3 is 0 Å². The summed E-state index contributed by atoms with van der Waals surface area (Å²) < 4.78 is 2.14. The summed E-state index contributed by atoms with van der Waals surface area (Å²) in [5, 5.41) is 14.6. The van der Waals surface area contributed by atoms with Gasteiger partial charge in [0.25, 0.3) is 0 Å². The Hall–Kier alpha value is -1.91. The van der Waals surface area contributed by atoms with Gasteiger partial charge in [0.1, 0.15) is 17.7 Å². The van der Waals surface area contributed by atoms with E-state index in [2.05, 4.69) is 35.3 Å². The third-order valence-corrected chi connectivity index (χ3v) is 4.67. The normalized spacial score (nSPS) is 12.0. The molecule has 0 aliphatic carbocycles. The molecule has 1 aromatic heterocycles. The lowest BCUT2D eigenvalue weighted by molar-refractivity contribution is -0.646. The fourth-order valence-electron chi connectivity index (χ4n) is 2.62. The number of fused-ring (bicyclic) bond motifs is 4. The van der Waals surface area contributed by atoms with E-state index in [0.717, 1.165) is 21.7 Å². The van der Waals surface area contributed by atoms with Crippen LogP contribution in [0.25, 0.3) is 10.9 Å². The number of aryl methyl sites for hydroxylation is 1. The number of para-hydroxylation sites is 2. The minimum absolute atomic E-state index is 0. The summed E-state index contributed by atoms with van der Waals surface area (Å²) >= 11 is 1.68. The zero-order chi connectivity index (χ0) is 13.7. The first-order valence-electron chi connectivity index (χ1n) is 6.42. The largest absolute Gasteiger partial charge is 1.00 e. The molecule has 3 nitrogen and oxygen atoms in total. The third kappa shape index (κ3) is 2.11. The number of hydrogen-bond donors (Lipinski definition) is 2. The molecule has 0 atom stereocenters. The Morgan fingerprint density at radius 3 is 2.67 bits per heavy atom. The van der Waals surface area contributed by atoms with E-state index in [4.69, 9.17) is 0 Å². The summed E-state index contributed by atoms with van der Waals surface area (Å²) in [5.41, 5.74) is 3.03. The van der Waals surface area contributed by atoms with E-state index < -0.39 is 0 Å². The highest BCUT2D eigenvalue weighted by atomic mass is 35.5. The summed E-state index contributed by atoms with van der Waals surface area (Å²) in [4.78, 5) is 2.22. The Labute approximate surface area is 133 Å². The Balaban J connectivity index is 0.00000132. The van der Waals surface area contributed by atoms with Gasteiger partial charge in [0.15, 0.2) is 6.20 Å². The smallest absolute Gasteiger partial charge is 0.214 e. The summed E-state index contributed by atoms with van der Waals surface area (Å²) in [6.45, 7) is 0. The van der Waals surface area contributed by atoms with Gasteiger partial charge in [0.2, 0.25) is 5.52 Å². The van der Waals surface area contributed by atoms with E-state index in [1.54, 1.807) is 17.8 Å². The molecule has 0 fully saturated rings. The minimum Gasteiger partial charge on any atom is -1.00 e. The summed E-state index contributed by atoms with van der Waals surface area (Å²) in [6, 6.07) is 13.9. The van der Waals surface area contributed by atoms with Crippen LogP contribution in [0.5, 0.6) is 5.75 Å². The highest BCUT2D eigenvalue weighted by Crippen LogP contribution is 2.48. The van der Waals surface area contributed by atoms with Crippen LogP contribution >= 0.6 is 11.8 Å². The summed E-state index contributed by atoms with van der Waals surface area (Å²) in [6.07, 6.45) is 2.13. The molecule has 2 N–H and O–H groups in total. The molecule has 4 rings (SSSR count). The average molecular weight is 317 g/mol. The third-order valence-electron chi connectivity index (χ3n) is 3.58. The lowest BCUT2D eigenvalue weighted by Gasteiger charge is -2.21. The van der Waals surface area contributed by atoms with E-state index >= 15 is 0 Å². The van der Waals surface area contributed by atoms with Crippen LogP contribution in [0.1, 0.15) is 0 Å². The maximum absolute atomic E-state index is 10.0. The molecule has 0 amide bonds. The maximum Gasteiger partial charge on any atom is 0.214 e. The number of rotatable bonds is 0. The number of halogens is 1. The van der Waals surface area contributed by atoms with Crippen molar-refractivity contribution in [2.24, 2.45) is 7.05 Å². The van der Waals surface area contributed by atoms with E-state index in [1.165, 1.54) is 10.4 Å². The van der Waals surface area contributed by atoms with Gasteiger partial charge in [0.05, 0.1) is 16.8 Å². The van der Waals surface area contributed by atoms with E-state index in [1.807, 2.05) is 24.3 Å². The standard InChI is InChI=1S/C16H12N2OS.ClH/c1-18-9-14-15(10-5-2-3-6-11(10)18)17-16-12(19)7-4-8-13(16)20-14;/h2-9,19H,1H3;1H. The predicted molar refractivity (Wildman–Crippen MR) is 80.6 cm³/mol. The molecule has 0 saturated carbocycles. The van der Waals surface area contributed by atoms with Gasteiger partial charge in [0, 0.05) is 11.0 Å². The quantitative estimate of drug-likeness (QED) is 0.368. The second kappa shape index (κ2) is 5.13. The van der Waals surface area contributed by atoms with E-state index in [9.17, 15) is 5.11 Å². The lowest BCUT2D eigenvalue weighted by Crippen LogP contribution is -3.00. The maximum atomic E-state index is 10.0. The van der Waals surface area contributed by atoms with Crippen molar-refractivity contribution >= 4 is 34.0 Å². The molecule has 2 aromatic carbocycles. The number of pyridine rings is 1. The van der Waals surface area contributed by atoms with Crippen LogP contribution in [0.15, 0.2) is 58.5 Å². The van der Waals surface area contributed by atoms with Crippen LogP contribution in [0.2, 0.25) is 0 Å². The van der Waals surface area contributed by atoms with Crippen molar-refractivity contribution in [2.75, 3.05) is 5.32 Å². The second-order valence-electron chi connectivity index (χ2n) is 4.87. The molecule has 0 radical (unpaired) electrons. The number of phenolic OH excluding ortho intramolecular Hbond substituents is 1. The van der Waals surface area contributed by atoms with Gasteiger partial charge in [-0.05, 0) is 18.2 Å². The Kier molecular flexibility index (Phi) is 3.43. The molecule has 1 aliphatic heterocycles. The molecule has 1 aliphatic rings.